The van der Waals surface area contributed by atoms with Gasteiger partial charge >= 0.3 is 11.9 Å². The first-order chi connectivity index (χ1) is 24.9. The van der Waals surface area contributed by atoms with Crippen molar-refractivity contribution in [2.24, 2.45) is 5.73 Å². The number of unbranched alkanes of at least 4 members (excludes halogenated alkanes) is 17. The minimum atomic E-state index is -1.01. The van der Waals surface area contributed by atoms with Gasteiger partial charge in [-0.1, -0.05) is 140 Å². The number of hydrogen-bond donors (Lipinski definition) is 3. The number of hydrogen-bond acceptors (Lipinski definition) is 5. The van der Waals surface area contributed by atoms with Crippen LogP contribution in [0.3, 0.4) is 0 Å². The monoisotopic (exact) mass is 715 g/mol. The first-order valence-electron chi connectivity index (χ1n) is 21.0. The third-order valence-corrected chi connectivity index (χ3v) is 9.11. The van der Waals surface area contributed by atoms with Crippen molar-refractivity contribution in [2.45, 2.75) is 206 Å². The van der Waals surface area contributed by atoms with Gasteiger partial charge < -0.3 is 20.9 Å². The van der Waals surface area contributed by atoms with Crippen LogP contribution in [0.2, 0.25) is 0 Å². The summed E-state index contributed by atoms with van der Waals surface area (Å²) in [5, 5.41) is 11.9. The molecule has 294 valence electrons. The van der Waals surface area contributed by atoms with E-state index < -0.39 is 12.0 Å². The van der Waals surface area contributed by atoms with Crippen molar-refractivity contribution in [3.63, 3.8) is 0 Å². The average Bonchev–Trinajstić information content (AvgIpc) is 3.11. The summed E-state index contributed by atoms with van der Waals surface area (Å²) in [5.41, 5.74) is 5.47. The van der Waals surface area contributed by atoms with Gasteiger partial charge in [-0.05, 0) is 96.1 Å². The van der Waals surface area contributed by atoms with Crippen molar-refractivity contribution in [1.29, 1.82) is 0 Å². The van der Waals surface area contributed by atoms with Gasteiger partial charge in [0.1, 0.15) is 12.1 Å². The van der Waals surface area contributed by atoms with Crippen LogP contribution >= 0.6 is 0 Å². The maximum Gasteiger partial charge on any atom is 0.326 e. The highest BCUT2D eigenvalue weighted by Gasteiger charge is 2.18. The lowest BCUT2D eigenvalue weighted by Gasteiger charge is -2.15. The third-order valence-electron chi connectivity index (χ3n) is 9.11. The Morgan fingerprint density at radius 3 is 1.75 bits per heavy atom. The molecule has 2 unspecified atom stereocenters. The molecule has 51 heavy (non-hydrogen) atoms. The summed E-state index contributed by atoms with van der Waals surface area (Å²) in [6, 6.07) is -0.855. The topological polar surface area (TPSA) is 119 Å². The Bertz CT molecular complexity index is 942. The van der Waals surface area contributed by atoms with Gasteiger partial charge in [0.2, 0.25) is 5.91 Å². The van der Waals surface area contributed by atoms with Crippen molar-refractivity contribution in [3.05, 3.63) is 48.6 Å². The molecule has 0 aromatic heterocycles. The highest BCUT2D eigenvalue weighted by atomic mass is 16.5. The molecular formula is C44H78N2O5. The zero-order valence-electron chi connectivity index (χ0n) is 32.9. The van der Waals surface area contributed by atoms with Crippen molar-refractivity contribution >= 4 is 17.8 Å². The molecule has 0 aliphatic carbocycles. The number of carbonyl (C=O) groups is 3. The minimum absolute atomic E-state index is 0.0758. The first kappa shape index (κ1) is 48.3. The fraction of sp³-hybridized carbons (Fsp3) is 0.750. The van der Waals surface area contributed by atoms with Crippen LogP contribution < -0.4 is 11.1 Å². The number of ether oxygens (including phenoxy) is 1. The molecule has 0 radical (unpaired) electrons. The van der Waals surface area contributed by atoms with Crippen molar-refractivity contribution in [1.82, 2.24) is 5.32 Å². The number of carbonyl (C=O) groups excluding carboxylic acids is 2. The van der Waals surface area contributed by atoms with Crippen LogP contribution in [0.5, 0.6) is 0 Å². The van der Waals surface area contributed by atoms with Gasteiger partial charge in [0.15, 0.2) is 0 Å². The van der Waals surface area contributed by atoms with Crippen LogP contribution in [0.1, 0.15) is 194 Å². The molecule has 0 spiro atoms. The molecule has 0 bridgehead atoms. The average molecular weight is 715 g/mol. The molecule has 0 aromatic rings. The molecule has 7 nitrogen and oxygen atoms in total. The Labute approximate surface area is 313 Å². The molecule has 0 aliphatic rings. The van der Waals surface area contributed by atoms with Gasteiger partial charge in [0.05, 0.1) is 0 Å². The van der Waals surface area contributed by atoms with Crippen molar-refractivity contribution in [2.75, 3.05) is 6.54 Å². The Balaban J connectivity index is 4.33. The molecule has 0 saturated heterocycles. The second-order valence-electron chi connectivity index (χ2n) is 14.0. The second-order valence-corrected chi connectivity index (χ2v) is 14.0. The van der Waals surface area contributed by atoms with Crippen LogP contribution in [0.25, 0.3) is 0 Å². The van der Waals surface area contributed by atoms with E-state index in [1.165, 1.54) is 57.8 Å². The van der Waals surface area contributed by atoms with E-state index in [0.29, 0.717) is 32.2 Å². The summed E-state index contributed by atoms with van der Waals surface area (Å²) in [6.45, 7) is 4.82. The van der Waals surface area contributed by atoms with E-state index in [0.717, 1.165) is 96.3 Å². The molecule has 0 aliphatic heterocycles. The summed E-state index contributed by atoms with van der Waals surface area (Å²) in [7, 11) is 0. The summed E-state index contributed by atoms with van der Waals surface area (Å²) >= 11 is 0. The summed E-state index contributed by atoms with van der Waals surface area (Å²) in [6.07, 6.45) is 46.0. The Kier molecular flexibility index (Phi) is 36.5. The van der Waals surface area contributed by atoms with Gasteiger partial charge in [0, 0.05) is 12.8 Å². The van der Waals surface area contributed by atoms with E-state index >= 15 is 0 Å². The Morgan fingerprint density at radius 2 is 1.14 bits per heavy atom. The predicted molar refractivity (Wildman–Crippen MR) is 216 cm³/mol. The van der Waals surface area contributed by atoms with E-state index in [9.17, 15) is 19.5 Å². The molecule has 0 fully saturated rings. The number of allylic oxidation sites excluding steroid dienone is 7. The number of carboxylic acids is 1. The maximum absolute atomic E-state index is 12.7. The van der Waals surface area contributed by atoms with Crippen LogP contribution in [-0.2, 0) is 19.1 Å². The number of rotatable bonds is 37. The predicted octanol–water partition coefficient (Wildman–Crippen LogP) is 11.6. The number of nitrogens with two attached hydrogens (primary N) is 1. The fourth-order valence-electron chi connectivity index (χ4n) is 5.96. The zero-order valence-corrected chi connectivity index (χ0v) is 32.9. The van der Waals surface area contributed by atoms with Gasteiger partial charge in [-0.3, -0.25) is 9.59 Å². The molecule has 0 heterocycles. The minimum Gasteiger partial charge on any atom is -0.480 e. The van der Waals surface area contributed by atoms with Crippen molar-refractivity contribution in [3.8, 4) is 0 Å². The molecule has 7 heteroatoms. The lowest BCUT2D eigenvalue weighted by molar-refractivity contribution is -0.147. The van der Waals surface area contributed by atoms with E-state index in [-0.39, 0.29) is 18.0 Å². The standard InChI is InChI=1S/C44H78N2O5/c1-3-5-7-9-11-13-14-15-16-17-18-20-22-28-32-38-43(48)51-40(34-29-25-21-19-12-10-8-6-4-2)35-30-26-23-24-27-31-37-42(47)46-41(44(49)50)36-33-39-45/h5,7,11,13,15-16,29,34,40-41H,3-4,6,8-10,12,14,17-28,30-33,35-39,45H2,1-2H3,(H,46,47)(H,49,50)/b7-5-,13-11-,16-15-,34-29-. The lowest BCUT2D eigenvalue weighted by atomic mass is 10.0. The molecule has 1 amide bonds. The SMILES string of the molecule is CC/C=C\C/C=C\C/C=C\CCCCCCCC(=O)OC(/C=C\CCCCCCCCC)CCCCCCCCC(=O)NC(CCCN)C(=O)O. The van der Waals surface area contributed by atoms with E-state index in [4.69, 9.17) is 10.5 Å². The summed E-state index contributed by atoms with van der Waals surface area (Å²) < 4.78 is 5.95. The van der Waals surface area contributed by atoms with Gasteiger partial charge in [-0.2, -0.15) is 0 Å². The number of amides is 1. The molecular weight excluding hydrogens is 636 g/mol. The quantitative estimate of drug-likeness (QED) is 0.0335. The summed E-state index contributed by atoms with van der Waals surface area (Å²) in [5.74, 6) is -1.28. The van der Waals surface area contributed by atoms with E-state index in [2.05, 4.69) is 67.8 Å². The van der Waals surface area contributed by atoms with Crippen LogP contribution in [-0.4, -0.2) is 41.6 Å². The number of nitrogens with one attached hydrogen (secondary N) is 1. The van der Waals surface area contributed by atoms with Gasteiger partial charge in [0.25, 0.3) is 0 Å². The van der Waals surface area contributed by atoms with Gasteiger partial charge in [-0.25, -0.2) is 4.79 Å². The first-order valence-corrected chi connectivity index (χ1v) is 21.0. The van der Waals surface area contributed by atoms with Crippen molar-refractivity contribution < 1.29 is 24.2 Å². The lowest BCUT2D eigenvalue weighted by Crippen LogP contribution is -2.40. The summed E-state index contributed by atoms with van der Waals surface area (Å²) in [4.78, 5) is 36.2. The highest BCUT2D eigenvalue weighted by Crippen LogP contribution is 2.16. The Morgan fingerprint density at radius 1 is 0.608 bits per heavy atom. The third kappa shape index (κ3) is 35.5. The number of aliphatic carboxylic acids is 1. The van der Waals surface area contributed by atoms with Crippen LogP contribution in [0.15, 0.2) is 48.6 Å². The van der Waals surface area contributed by atoms with E-state index in [1.807, 2.05) is 0 Å². The Hall–Kier alpha value is -2.67. The number of carboxylic acid groups (broad SMARTS) is 1. The van der Waals surface area contributed by atoms with Gasteiger partial charge in [-0.15, -0.1) is 0 Å². The number of esters is 1. The normalized spacial score (nSPS) is 13.2. The van der Waals surface area contributed by atoms with Crippen LogP contribution in [0.4, 0.5) is 0 Å². The molecule has 0 saturated carbocycles. The second kappa shape index (κ2) is 38.6. The largest absolute Gasteiger partial charge is 0.480 e. The molecule has 4 N–H and O–H groups in total. The fourth-order valence-corrected chi connectivity index (χ4v) is 5.96. The maximum atomic E-state index is 12.7. The highest BCUT2D eigenvalue weighted by molar-refractivity contribution is 5.83. The smallest absolute Gasteiger partial charge is 0.326 e. The molecule has 0 rings (SSSR count). The zero-order chi connectivity index (χ0) is 37.5. The molecule has 2 atom stereocenters. The van der Waals surface area contributed by atoms with E-state index in [1.54, 1.807) is 0 Å². The molecule has 0 aromatic carbocycles. The van der Waals surface area contributed by atoms with Crippen LogP contribution in [0, 0.1) is 0 Å².